The fraction of sp³-hybridized carbons (Fsp3) is 0.250. The van der Waals surface area contributed by atoms with E-state index in [1.54, 1.807) is 0 Å². The molecule has 1 aromatic rings. The Labute approximate surface area is 83.9 Å². The van der Waals surface area contributed by atoms with Gasteiger partial charge >= 0.3 is 5.97 Å². The molecule has 0 saturated heterocycles. The summed E-state index contributed by atoms with van der Waals surface area (Å²) in [4.78, 5) is 10.7. The first-order valence-electron chi connectivity index (χ1n) is 4.33. The van der Waals surface area contributed by atoms with Crippen LogP contribution in [0, 0.1) is 19.3 Å². The number of ether oxygens (including phenoxy) is 1. The first-order valence-corrected chi connectivity index (χ1v) is 4.33. The van der Waals surface area contributed by atoms with Crippen LogP contribution < -0.4 is 0 Å². The molecule has 1 aromatic carbocycles. The van der Waals surface area contributed by atoms with Gasteiger partial charge in [-0.05, 0) is 6.92 Å². The zero-order valence-electron chi connectivity index (χ0n) is 8.28. The summed E-state index contributed by atoms with van der Waals surface area (Å²) in [5.74, 6) is 2.06. The highest BCUT2D eigenvalue weighted by Gasteiger charge is 2.10. The van der Waals surface area contributed by atoms with Crippen molar-refractivity contribution in [1.82, 2.24) is 0 Å². The molecule has 0 heterocycles. The van der Waals surface area contributed by atoms with Gasteiger partial charge in [0.1, 0.15) is 0 Å². The molecule has 1 atom stereocenters. The minimum absolute atomic E-state index is 0.367. The van der Waals surface area contributed by atoms with Gasteiger partial charge in [0.25, 0.3) is 0 Å². The van der Waals surface area contributed by atoms with E-state index in [1.165, 1.54) is 6.92 Å². The Morgan fingerprint density at radius 1 is 1.43 bits per heavy atom. The van der Waals surface area contributed by atoms with Crippen molar-refractivity contribution < 1.29 is 9.53 Å². The highest BCUT2D eigenvalue weighted by Crippen LogP contribution is 2.16. The van der Waals surface area contributed by atoms with Gasteiger partial charge in [-0.1, -0.05) is 35.7 Å². The highest BCUT2D eigenvalue weighted by atomic mass is 16.5. The normalized spacial score (nSPS) is 11.5. The molecule has 0 fully saturated rings. The number of rotatable bonds is 2. The van der Waals surface area contributed by atoms with E-state index < -0.39 is 6.10 Å². The SMILES string of the molecule is C#CC(OC(C)=O)c1ccc(C)cc1. The van der Waals surface area contributed by atoms with Crippen LogP contribution in [0.1, 0.15) is 24.2 Å². The quantitative estimate of drug-likeness (QED) is 0.525. The molecule has 0 aliphatic heterocycles. The van der Waals surface area contributed by atoms with Crippen LogP contribution >= 0.6 is 0 Å². The fourth-order valence-electron chi connectivity index (χ4n) is 1.11. The molecule has 2 nitrogen and oxygen atoms in total. The van der Waals surface area contributed by atoms with E-state index >= 15 is 0 Å². The molecule has 0 amide bonds. The standard InChI is InChI=1S/C12H12O2/c1-4-12(14-10(3)13)11-7-5-9(2)6-8-11/h1,5-8,12H,2-3H3. The van der Waals surface area contributed by atoms with Gasteiger partial charge in [0.15, 0.2) is 6.10 Å². The van der Waals surface area contributed by atoms with E-state index in [4.69, 9.17) is 11.2 Å². The van der Waals surface area contributed by atoms with Crippen LogP contribution in [0.3, 0.4) is 0 Å². The Hall–Kier alpha value is -1.75. The highest BCUT2D eigenvalue weighted by molar-refractivity contribution is 5.66. The molecule has 14 heavy (non-hydrogen) atoms. The second-order valence-electron chi connectivity index (χ2n) is 3.07. The summed E-state index contributed by atoms with van der Waals surface area (Å²) >= 11 is 0. The molecular formula is C12H12O2. The molecule has 0 bridgehead atoms. The predicted molar refractivity (Wildman–Crippen MR) is 54.5 cm³/mol. The van der Waals surface area contributed by atoms with E-state index in [-0.39, 0.29) is 5.97 Å². The van der Waals surface area contributed by atoms with Gasteiger partial charge in [0.05, 0.1) is 0 Å². The van der Waals surface area contributed by atoms with Crippen molar-refractivity contribution >= 4 is 5.97 Å². The van der Waals surface area contributed by atoms with Gasteiger partial charge in [-0.15, -0.1) is 6.42 Å². The monoisotopic (exact) mass is 188 g/mol. The molecule has 1 unspecified atom stereocenters. The van der Waals surface area contributed by atoms with Crippen molar-refractivity contribution in [2.24, 2.45) is 0 Å². The summed E-state index contributed by atoms with van der Waals surface area (Å²) in [6.07, 6.45) is 4.69. The third-order valence-corrected chi connectivity index (χ3v) is 1.82. The zero-order valence-corrected chi connectivity index (χ0v) is 8.28. The van der Waals surface area contributed by atoms with Crippen molar-refractivity contribution in [2.45, 2.75) is 20.0 Å². The van der Waals surface area contributed by atoms with Crippen LogP contribution in [-0.4, -0.2) is 5.97 Å². The number of aryl methyl sites for hydroxylation is 1. The van der Waals surface area contributed by atoms with Crippen molar-refractivity contribution in [2.75, 3.05) is 0 Å². The molecule has 0 spiro atoms. The Balaban J connectivity index is 2.85. The number of hydrogen-bond acceptors (Lipinski definition) is 2. The van der Waals surface area contributed by atoms with Crippen LogP contribution in [0.4, 0.5) is 0 Å². The van der Waals surface area contributed by atoms with Crippen molar-refractivity contribution in [3.8, 4) is 12.3 Å². The second-order valence-corrected chi connectivity index (χ2v) is 3.07. The number of esters is 1. The van der Waals surface area contributed by atoms with Crippen LogP contribution in [0.5, 0.6) is 0 Å². The lowest BCUT2D eigenvalue weighted by atomic mass is 10.1. The maximum atomic E-state index is 10.7. The summed E-state index contributed by atoms with van der Waals surface area (Å²) in [5.41, 5.74) is 1.97. The van der Waals surface area contributed by atoms with Crippen LogP contribution in [0.15, 0.2) is 24.3 Å². The largest absolute Gasteiger partial charge is 0.444 e. The number of carbonyl (C=O) groups excluding carboxylic acids is 1. The van der Waals surface area contributed by atoms with Crippen LogP contribution in [-0.2, 0) is 9.53 Å². The summed E-state index contributed by atoms with van der Waals surface area (Å²) < 4.78 is 4.95. The smallest absolute Gasteiger partial charge is 0.304 e. The third-order valence-electron chi connectivity index (χ3n) is 1.82. The summed E-state index contributed by atoms with van der Waals surface area (Å²) in [6.45, 7) is 3.33. The van der Waals surface area contributed by atoms with E-state index in [1.807, 2.05) is 31.2 Å². The zero-order chi connectivity index (χ0) is 10.6. The molecule has 0 aliphatic carbocycles. The van der Waals surface area contributed by atoms with Gasteiger partial charge < -0.3 is 4.74 Å². The Kier molecular flexibility index (Phi) is 3.30. The van der Waals surface area contributed by atoms with Crippen molar-refractivity contribution in [1.29, 1.82) is 0 Å². The lowest BCUT2D eigenvalue weighted by molar-refractivity contribution is -0.144. The van der Waals surface area contributed by atoms with Crippen LogP contribution in [0.2, 0.25) is 0 Å². The summed E-state index contributed by atoms with van der Waals surface area (Å²) in [5, 5.41) is 0. The van der Waals surface area contributed by atoms with Gasteiger partial charge in [0, 0.05) is 12.5 Å². The number of terminal acetylenes is 1. The Morgan fingerprint density at radius 3 is 2.43 bits per heavy atom. The lowest BCUT2D eigenvalue weighted by Gasteiger charge is -2.10. The van der Waals surface area contributed by atoms with Crippen molar-refractivity contribution in [3.63, 3.8) is 0 Å². The maximum absolute atomic E-state index is 10.7. The molecule has 1 rings (SSSR count). The molecule has 0 radical (unpaired) electrons. The minimum Gasteiger partial charge on any atom is -0.444 e. The van der Waals surface area contributed by atoms with Gasteiger partial charge in [-0.25, -0.2) is 0 Å². The minimum atomic E-state index is -0.576. The first kappa shape index (κ1) is 10.3. The molecule has 0 N–H and O–H groups in total. The number of carbonyl (C=O) groups is 1. The van der Waals surface area contributed by atoms with E-state index in [0.29, 0.717) is 0 Å². The Bertz CT molecular complexity index is 357. The molecule has 72 valence electrons. The summed E-state index contributed by atoms with van der Waals surface area (Å²) in [6, 6.07) is 7.60. The summed E-state index contributed by atoms with van der Waals surface area (Å²) in [7, 11) is 0. The second kappa shape index (κ2) is 4.48. The molecule has 0 saturated carbocycles. The molecule has 0 aliphatic rings. The van der Waals surface area contributed by atoms with Crippen LogP contribution in [0.25, 0.3) is 0 Å². The van der Waals surface area contributed by atoms with Crippen molar-refractivity contribution in [3.05, 3.63) is 35.4 Å². The lowest BCUT2D eigenvalue weighted by Crippen LogP contribution is -2.06. The fourth-order valence-corrected chi connectivity index (χ4v) is 1.11. The number of hydrogen-bond donors (Lipinski definition) is 0. The van der Waals surface area contributed by atoms with E-state index in [2.05, 4.69) is 5.92 Å². The molecular weight excluding hydrogens is 176 g/mol. The maximum Gasteiger partial charge on any atom is 0.304 e. The predicted octanol–water partition coefficient (Wildman–Crippen LogP) is 2.23. The third kappa shape index (κ3) is 2.63. The van der Waals surface area contributed by atoms with Gasteiger partial charge in [0.2, 0.25) is 0 Å². The first-order chi connectivity index (χ1) is 6.63. The molecule has 0 aromatic heterocycles. The van der Waals surface area contributed by atoms with Gasteiger partial charge in [-0.2, -0.15) is 0 Å². The van der Waals surface area contributed by atoms with E-state index in [0.717, 1.165) is 11.1 Å². The average molecular weight is 188 g/mol. The topological polar surface area (TPSA) is 26.3 Å². The van der Waals surface area contributed by atoms with Gasteiger partial charge in [-0.3, -0.25) is 4.79 Å². The average Bonchev–Trinajstić information content (AvgIpc) is 2.15. The number of benzene rings is 1. The Morgan fingerprint density at radius 2 is 2.00 bits per heavy atom. The van der Waals surface area contributed by atoms with E-state index in [9.17, 15) is 4.79 Å². The molecule has 2 heteroatoms.